The number of aryl methyl sites for hydroxylation is 1. The summed E-state index contributed by atoms with van der Waals surface area (Å²) in [7, 11) is -1.24. The van der Waals surface area contributed by atoms with Crippen LogP contribution in [0, 0.1) is 0 Å². The second-order valence-corrected chi connectivity index (χ2v) is 10.7. The van der Waals surface area contributed by atoms with Gasteiger partial charge in [-0.15, -0.1) is 0 Å². The third-order valence-corrected chi connectivity index (χ3v) is 7.02. The van der Waals surface area contributed by atoms with E-state index in [9.17, 15) is 4.21 Å². The average molecular weight is 477 g/mol. The Morgan fingerprint density at radius 1 is 0.939 bits per heavy atom. The van der Waals surface area contributed by atoms with Crippen molar-refractivity contribution >= 4 is 38.7 Å². The van der Waals surface area contributed by atoms with Crippen LogP contribution in [0.5, 0.6) is 0 Å². The Balaban J connectivity index is 1.85. The van der Waals surface area contributed by atoms with Crippen LogP contribution in [0.2, 0.25) is 0 Å². The van der Waals surface area contributed by atoms with Crippen molar-refractivity contribution in [2.75, 3.05) is 5.32 Å². The molecule has 0 bridgehead atoms. The van der Waals surface area contributed by atoms with Gasteiger partial charge in [0.2, 0.25) is 0 Å². The monoisotopic (exact) mass is 476 g/mol. The van der Waals surface area contributed by atoms with Crippen molar-refractivity contribution in [2.24, 2.45) is 0 Å². The topological polar surface area (TPSA) is 41.1 Å². The van der Waals surface area contributed by atoms with Gasteiger partial charge in [-0.25, -0.2) is 0 Å². The van der Waals surface area contributed by atoms with Crippen molar-refractivity contribution in [3.63, 3.8) is 0 Å². The van der Waals surface area contributed by atoms with E-state index in [-0.39, 0.29) is 5.41 Å². The van der Waals surface area contributed by atoms with Crippen LogP contribution in [0.1, 0.15) is 49.9 Å². The van der Waals surface area contributed by atoms with Crippen molar-refractivity contribution in [3.8, 4) is 0 Å². The molecule has 0 radical (unpaired) electrons. The van der Waals surface area contributed by atoms with Gasteiger partial charge in [0.1, 0.15) is 0 Å². The number of anilines is 1. The third-order valence-electron chi connectivity index (χ3n) is 5.36. The van der Waals surface area contributed by atoms with E-state index < -0.39 is 10.8 Å². The molecule has 3 nitrogen and oxygen atoms in total. The van der Waals surface area contributed by atoms with Crippen molar-refractivity contribution in [2.45, 2.75) is 45.3 Å². The third kappa shape index (κ3) is 6.86. The molecule has 3 aromatic carbocycles. The molecule has 0 saturated heterocycles. The first-order valence-electron chi connectivity index (χ1n) is 11.2. The molecule has 0 heterocycles. The molecule has 0 fully saturated rings. The summed E-state index contributed by atoms with van der Waals surface area (Å²) in [6.07, 6.45) is 2.68. The molecule has 0 aliphatic rings. The summed E-state index contributed by atoms with van der Waals surface area (Å²) in [5.74, 6) is 0.441. The van der Waals surface area contributed by atoms with Gasteiger partial charge in [0.05, 0.1) is 21.5 Å². The SMILES string of the molecule is CCc1cccc(C(C)(C)C)c1NC(=S)N/C=C(\c1ccccc1)[S@@](=O)Cc1ccccc1. The number of hydrogen-bond acceptors (Lipinski definition) is 2. The van der Waals surface area contributed by atoms with Crippen LogP contribution in [-0.2, 0) is 28.4 Å². The highest BCUT2D eigenvalue weighted by Crippen LogP contribution is 2.32. The van der Waals surface area contributed by atoms with E-state index in [0.717, 1.165) is 23.2 Å². The van der Waals surface area contributed by atoms with Crippen molar-refractivity contribution < 1.29 is 4.21 Å². The van der Waals surface area contributed by atoms with E-state index in [1.165, 1.54) is 11.1 Å². The second kappa shape index (κ2) is 11.4. The summed E-state index contributed by atoms with van der Waals surface area (Å²) < 4.78 is 13.3. The van der Waals surface area contributed by atoms with Crippen LogP contribution in [0.4, 0.5) is 5.69 Å². The summed E-state index contributed by atoms with van der Waals surface area (Å²) in [6, 6.07) is 26.1. The Morgan fingerprint density at radius 2 is 1.58 bits per heavy atom. The fourth-order valence-electron chi connectivity index (χ4n) is 3.63. The second-order valence-electron chi connectivity index (χ2n) is 8.89. The number of nitrogens with one attached hydrogen (secondary N) is 2. The minimum atomic E-state index is -1.24. The maximum absolute atomic E-state index is 13.3. The van der Waals surface area contributed by atoms with Gasteiger partial charge in [-0.2, -0.15) is 0 Å². The van der Waals surface area contributed by atoms with Crippen LogP contribution in [0.25, 0.3) is 4.91 Å². The van der Waals surface area contributed by atoms with E-state index in [2.05, 4.69) is 56.5 Å². The molecular weight excluding hydrogens is 444 g/mol. The standard InChI is InChI=1S/C28H32N2OS2/c1-5-22-17-12-18-24(28(2,3)4)26(22)30-27(32)29-19-25(23-15-10-7-11-16-23)33(31)20-21-13-8-6-9-14-21/h6-19H,5,20H2,1-4H3,(H2,29,30,32)/b25-19+/t33-/m0/s1. The lowest BCUT2D eigenvalue weighted by molar-refractivity contribution is 0.591. The minimum Gasteiger partial charge on any atom is -0.338 e. The molecule has 0 aromatic heterocycles. The lowest BCUT2D eigenvalue weighted by Crippen LogP contribution is -2.27. The van der Waals surface area contributed by atoms with Gasteiger partial charge < -0.3 is 10.6 Å². The number of benzene rings is 3. The number of para-hydroxylation sites is 1. The Hall–Kier alpha value is -2.76. The zero-order valence-corrected chi connectivity index (χ0v) is 21.4. The van der Waals surface area contributed by atoms with Crippen LogP contribution in [-0.4, -0.2) is 9.32 Å². The molecule has 0 spiro atoms. The van der Waals surface area contributed by atoms with Crippen molar-refractivity contribution in [1.29, 1.82) is 0 Å². The fraction of sp³-hybridized carbons (Fsp3) is 0.250. The zero-order valence-electron chi connectivity index (χ0n) is 19.7. The molecule has 172 valence electrons. The maximum Gasteiger partial charge on any atom is 0.174 e. The van der Waals surface area contributed by atoms with E-state index in [0.29, 0.717) is 15.8 Å². The Labute approximate surface area is 205 Å². The quantitative estimate of drug-likeness (QED) is 0.369. The molecule has 0 saturated carbocycles. The van der Waals surface area contributed by atoms with E-state index in [1.807, 2.05) is 60.7 Å². The van der Waals surface area contributed by atoms with Crippen LogP contribution < -0.4 is 10.6 Å². The van der Waals surface area contributed by atoms with Crippen molar-refractivity contribution in [3.05, 3.63) is 107 Å². The molecule has 5 heteroatoms. The van der Waals surface area contributed by atoms with E-state index in [4.69, 9.17) is 12.2 Å². The normalized spacial score (nSPS) is 12.8. The molecule has 0 unspecified atom stereocenters. The summed E-state index contributed by atoms with van der Waals surface area (Å²) in [6.45, 7) is 8.74. The van der Waals surface area contributed by atoms with E-state index in [1.54, 1.807) is 6.20 Å². The van der Waals surface area contributed by atoms with Gasteiger partial charge >= 0.3 is 0 Å². The molecule has 2 N–H and O–H groups in total. The predicted octanol–water partition coefficient (Wildman–Crippen LogP) is 6.78. The van der Waals surface area contributed by atoms with Gasteiger partial charge in [0.25, 0.3) is 0 Å². The first kappa shape index (κ1) is 24.9. The van der Waals surface area contributed by atoms with Crippen LogP contribution in [0.15, 0.2) is 85.1 Å². The average Bonchev–Trinajstić information content (AvgIpc) is 2.80. The van der Waals surface area contributed by atoms with Gasteiger partial charge in [-0.05, 0) is 46.3 Å². The number of thiocarbonyl (C=S) groups is 1. The van der Waals surface area contributed by atoms with E-state index >= 15 is 0 Å². The van der Waals surface area contributed by atoms with Gasteiger partial charge in [-0.1, -0.05) is 107 Å². The summed E-state index contributed by atoms with van der Waals surface area (Å²) in [5, 5.41) is 7.08. The highest BCUT2D eigenvalue weighted by molar-refractivity contribution is 7.93. The van der Waals surface area contributed by atoms with Gasteiger partial charge in [-0.3, -0.25) is 4.21 Å². The number of rotatable bonds is 7. The summed E-state index contributed by atoms with van der Waals surface area (Å²) in [4.78, 5) is 0.712. The molecule has 0 aliphatic heterocycles. The summed E-state index contributed by atoms with van der Waals surface area (Å²) >= 11 is 5.64. The maximum atomic E-state index is 13.3. The van der Waals surface area contributed by atoms with Crippen LogP contribution in [0.3, 0.4) is 0 Å². The van der Waals surface area contributed by atoms with Crippen LogP contribution >= 0.6 is 12.2 Å². The molecule has 0 aliphatic carbocycles. The molecule has 3 aromatic rings. The van der Waals surface area contributed by atoms with Gasteiger partial charge in [0, 0.05) is 11.9 Å². The highest BCUT2D eigenvalue weighted by atomic mass is 32.2. The molecule has 0 amide bonds. The largest absolute Gasteiger partial charge is 0.338 e. The Kier molecular flexibility index (Phi) is 8.59. The molecule has 33 heavy (non-hydrogen) atoms. The van der Waals surface area contributed by atoms with Crippen molar-refractivity contribution in [1.82, 2.24) is 5.32 Å². The highest BCUT2D eigenvalue weighted by Gasteiger charge is 2.20. The fourth-order valence-corrected chi connectivity index (χ4v) is 5.04. The molecular formula is C28H32N2OS2. The smallest absolute Gasteiger partial charge is 0.174 e. The summed E-state index contributed by atoms with van der Waals surface area (Å²) in [5.41, 5.74) is 5.39. The minimum absolute atomic E-state index is 0.0225. The number of hydrogen-bond donors (Lipinski definition) is 2. The first-order valence-corrected chi connectivity index (χ1v) is 12.9. The molecule has 3 rings (SSSR count). The Bertz CT molecular complexity index is 1130. The Morgan fingerprint density at radius 3 is 2.18 bits per heavy atom. The lowest BCUT2D eigenvalue weighted by atomic mass is 9.84. The molecule has 1 atom stereocenters. The first-order chi connectivity index (χ1) is 15.8. The predicted molar refractivity (Wildman–Crippen MR) is 147 cm³/mol. The van der Waals surface area contributed by atoms with Gasteiger partial charge in [0.15, 0.2) is 5.11 Å². The lowest BCUT2D eigenvalue weighted by Gasteiger charge is -2.25. The zero-order chi connectivity index (χ0) is 23.8.